The molecule has 1 heterocycles. The van der Waals surface area contributed by atoms with Gasteiger partial charge in [-0.25, -0.2) is 4.90 Å². The summed E-state index contributed by atoms with van der Waals surface area (Å²) in [6.45, 7) is 1.62. The molecular weight excluding hydrogens is 332 g/mol. The molecule has 2 aromatic carbocycles. The van der Waals surface area contributed by atoms with Crippen molar-refractivity contribution in [2.24, 2.45) is 0 Å². The van der Waals surface area contributed by atoms with Crippen molar-refractivity contribution < 1.29 is 14.5 Å². The number of amides is 2. The van der Waals surface area contributed by atoms with Gasteiger partial charge >= 0.3 is 0 Å². The van der Waals surface area contributed by atoms with Crippen molar-refractivity contribution >= 4 is 34.8 Å². The van der Waals surface area contributed by atoms with E-state index < -0.39 is 10.8 Å². The fourth-order valence-electron chi connectivity index (χ4n) is 2.63. The number of aryl methyl sites for hydroxylation is 1. The van der Waals surface area contributed by atoms with Gasteiger partial charge in [-0.15, -0.1) is 0 Å². The van der Waals surface area contributed by atoms with Crippen molar-refractivity contribution in [2.75, 3.05) is 4.90 Å². The molecule has 0 bridgehead atoms. The van der Waals surface area contributed by atoms with Crippen LogP contribution in [0.4, 0.5) is 11.4 Å². The van der Waals surface area contributed by atoms with E-state index in [1.165, 1.54) is 24.3 Å². The van der Waals surface area contributed by atoms with Gasteiger partial charge in [0.25, 0.3) is 11.6 Å². The second kappa shape index (κ2) is 6.41. The van der Waals surface area contributed by atoms with Crippen LogP contribution < -0.4 is 4.90 Å². The summed E-state index contributed by atoms with van der Waals surface area (Å²) in [5, 5.41) is 11.2. The smallest absolute Gasteiger partial charge is 0.269 e. The SMILES string of the molecule is C.Cc1cc([N+](=O)[O-])ccc1N1C(=O)Cc2ccc(Cl)cc2C1=O. The van der Waals surface area contributed by atoms with E-state index in [1.807, 2.05) is 0 Å². The fraction of sp³-hybridized carbons (Fsp3) is 0.176. The van der Waals surface area contributed by atoms with Crippen LogP contribution in [0.2, 0.25) is 5.02 Å². The number of nitro benzene ring substituents is 1. The Morgan fingerprint density at radius 3 is 2.50 bits per heavy atom. The van der Waals surface area contributed by atoms with Gasteiger partial charge < -0.3 is 0 Å². The molecular formula is C17H15ClN2O4. The number of hydrogen-bond acceptors (Lipinski definition) is 4. The number of fused-ring (bicyclic) bond motifs is 1. The molecule has 0 fully saturated rings. The summed E-state index contributed by atoms with van der Waals surface area (Å²) in [7, 11) is 0. The zero-order chi connectivity index (χ0) is 16.7. The number of anilines is 1. The largest absolute Gasteiger partial charge is 0.274 e. The first-order valence-corrected chi connectivity index (χ1v) is 7.17. The molecule has 0 spiro atoms. The third kappa shape index (κ3) is 2.88. The Bertz CT molecular complexity index is 864. The third-order valence-electron chi connectivity index (χ3n) is 3.73. The highest BCUT2D eigenvalue weighted by molar-refractivity contribution is 6.32. The normalized spacial score (nSPS) is 13.3. The predicted octanol–water partition coefficient (Wildman–Crippen LogP) is 3.92. The Kier molecular flexibility index (Phi) is 4.71. The van der Waals surface area contributed by atoms with E-state index >= 15 is 0 Å². The molecule has 0 aliphatic carbocycles. The van der Waals surface area contributed by atoms with E-state index in [0.717, 1.165) is 4.90 Å². The molecule has 2 amide bonds. The lowest BCUT2D eigenvalue weighted by Crippen LogP contribution is -2.42. The standard InChI is InChI=1S/C16H11ClN2O4.CH4/c1-9-6-12(19(22)23)4-5-14(9)18-15(20)7-10-2-3-11(17)8-13(10)16(18)21;/h2-6,8H,7H2,1H3;1H4. The van der Waals surface area contributed by atoms with Crippen molar-refractivity contribution in [1.29, 1.82) is 0 Å². The molecule has 0 saturated carbocycles. The van der Waals surface area contributed by atoms with Crippen LogP contribution >= 0.6 is 11.6 Å². The van der Waals surface area contributed by atoms with Gasteiger partial charge in [-0.1, -0.05) is 25.1 Å². The molecule has 0 radical (unpaired) electrons. The van der Waals surface area contributed by atoms with Crippen LogP contribution in [0.5, 0.6) is 0 Å². The van der Waals surface area contributed by atoms with Gasteiger partial charge in [0.1, 0.15) is 0 Å². The first-order chi connectivity index (χ1) is 10.9. The predicted molar refractivity (Wildman–Crippen MR) is 91.5 cm³/mol. The lowest BCUT2D eigenvalue weighted by Gasteiger charge is -2.28. The Balaban J connectivity index is 0.00000208. The van der Waals surface area contributed by atoms with Crippen molar-refractivity contribution in [1.82, 2.24) is 0 Å². The molecule has 3 rings (SSSR count). The van der Waals surface area contributed by atoms with Crippen LogP contribution in [0.25, 0.3) is 0 Å². The number of benzene rings is 2. The van der Waals surface area contributed by atoms with Crippen molar-refractivity contribution in [3.63, 3.8) is 0 Å². The second-order valence-corrected chi connectivity index (χ2v) is 5.68. The van der Waals surface area contributed by atoms with Gasteiger partial charge in [0, 0.05) is 22.7 Å². The van der Waals surface area contributed by atoms with Crippen LogP contribution in [0.1, 0.15) is 28.9 Å². The molecule has 0 unspecified atom stereocenters. The van der Waals surface area contributed by atoms with Crippen LogP contribution in [-0.4, -0.2) is 16.7 Å². The molecule has 6 nitrogen and oxygen atoms in total. The Morgan fingerprint density at radius 1 is 1.17 bits per heavy atom. The Labute approximate surface area is 143 Å². The number of imide groups is 1. The first-order valence-electron chi connectivity index (χ1n) is 6.79. The lowest BCUT2D eigenvalue weighted by molar-refractivity contribution is -0.384. The first kappa shape index (κ1) is 17.6. The van der Waals surface area contributed by atoms with Gasteiger partial charge in [0.05, 0.1) is 17.0 Å². The van der Waals surface area contributed by atoms with Crippen LogP contribution in [0, 0.1) is 17.0 Å². The molecule has 1 aliphatic heterocycles. The van der Waals surface area contributed by atoms with E-state index in [1.54, 1.807) is 19.1 Å². The van der Waals surface area contributed by atoms with Gasteiger partial charge in [0.2, 0.25) is 5.91 Å². The summed E-state index contributed by atoms with van der Waals surface area (Å²) in [5.74, 6) is -0.850. The van der Waals surface area contributed by atoms with E-state index in [0.29, 0.717) is 27.4 Å². The zero-order valence-corrected chi connectivity index (χ0v) is 12.8. The maximum absolute atomic E-state index is 12.7. The number of hydrogen-bond donors (Lipinski definition) is 0. The lowest BCUT2D eigenvalue weighted by atomic mass is 9.97. The molecule has 7 heteroatoms. The van der Waals surface area contributed by atoms with Gasteiger partial charge in [-0.05, 0) is 36.2 Å². The molecule has 124 valence electrons. The van der Waals surface area contributed by atoms with Gasteiger partial charge in [0.15, 0.2) is 0 Å². The molecule has 1 aliphatic rings. The van der Waals surface area contributed by atoms with Crippen molar-refractivity contribution in [2.45, 2.75) is 20.8 Å². The van der Waals surface area contributed by atoms with Crippen LogP contribution in [0.15, 0.2) is 36.4 Å². The van der Waals surface area contributed by atoms with Crippen molar-refractivity contribution in [3.8, 4) is 0 Å². The molecule has 0 N–H and O–H groups in total. The highest BCUT2D eigenvalue weighted by Crippen LogP contribution is 2.31. The highest BCUT2D eigenvalue weighted by atomic mass is 35.5. The van der Waals surface area contributed by atoms with Gasteiger partial charge in [-0.2, -0.15) is 0 Å². The minimum absolute atomic E-state index is 0. The highest BCUT2D eigenvalue weighted by Gasteiger charge is 2.33. The number of carbonyl (C=O) groups is 2. The van der Waals surface area contributed by atoms with E-state index in [4.69, 9.17) is 11.6 Å². The maximum atomic E-state index is 12.7. The van der Waals surface area contributed by atoms with Crippen LogP contribution in [0.3, 0.4) is 0 Å². The fourth-order valence-corrected chi connectivity index (χ4v) is 2.80. The van der Waals surface area contributed by atoms with Crippen LogP contribution in [-0.2, 0) is 11.2 Å². The summed E-state index contributed by atoms with van der Waals surface area (Å²) >= 11 is 5.93. The number of rotatable bonds is 2. The zero-order valence-electron chi connectivity index (χ0n) is 12.1. The van der Waals surface area contributed by atoms with Gasteiger partial charge in [-0.3, -0.25) is 19.7 Å². The maximum Gasteiger partial charge on any atom is 0.269 e. The monoisotopic (exact) mass is 346 g/mol. The van der Waals surface area contributed by atoms with E-state index in [2.05, 4.69) is 0 Å². The van der Waals surface area contributed by atoms with Crippen molar-refractivity contribution in [3.05, 3.63) is 68.2 Å². The number of halogens is 1. The Hall–Kier alpha value is -2.73. The molecule has 2 aromatic rings. The third-order valence-corrected chi connectivity index (χ3v) is 3.96. The summed E-state index contributed by atoms with van der Waals surface area (Å²) in [6.07, 6.45) is 0.0780. The number of carbonyl (C=O) groups excluding carboxylic acids is 2. The molecule has 0 atom stereocenters. The molecule has 0 saturated heterocycles. The number of nitrogens with zero attached hydrogens (tertiary/aromatic N) is 2. The summed E-state index contributed by atoms with van der Waals surface area (Å²) < 4.78 is 0. The average molecular weight is 347 g/mol. The molecule has 0 aromatic heterocycles. The van der Waals surface area contributed by atoms with E-state index in [-0.39, 0.29) is 25.4 Å². The topological polar surface area (TPSA) is 80.5 Å². The summed E-state index contributed by atoms with van der Waals surface area (Å²) in [5.41, 5.74) is 1.73. The number of non-ortho nitro benzene ring substituents is 1. The summed E-state index contributed by atoms with van der Waals surface area (Å²) in [4.78, 5) is 36.4. The minimum atomic E-state index is -0.522. The molecule has 24 heavy (non-hydrogen) atoms. The summed E-state index contributed by atoms with van der Waals surface area (Å²) in [6, 6.07) is 8.85. The average Bonchev–Trinajstić information content (AvgIpc) is 2.49. The minimum Gasteiger partial charge on any atom is -0.274 e. The quantitative estimate of drug-likeness (QED) is 0.469. The number of nitro groups is 1. The van der Waals surface area contributed by atoms with E-state index in [9.17, 15) is 19.7 Å². The second-order valence-electron chi connectivity index (χ2n) is 5.24. The Morgan fingerprint density at radius 2 is 1.88 bits per heavy atom.